The van der Waals surface area contributed by atoms with Gasteiger partial charge in [-0.1, -0.05) is 55.8 Å². The van der Waals surface area contributed by atoms with Crippen LogP contribution in [0.15, 0.2) is 42.5 Å². The van der Waals surface area contributed by atoms with Gasteiger partial charge in [0, 0.05) is 13.1 Å². The molecule has 0 heterocycles. The van der Waals surface area contributed by atoms with Gasteiger partial charge in [-0.05, 0) is 41.0 Å². The molecule has 1 aliphatic rings. The average molecular weight is 253 g/mol. The summed E-state index contributed by atoms with van der Waals surface area (Å²) in [5.74, 6) is 0. The maximum absolute atomic E-state index is 3.69. The van der Waals surface area contributed by atoms with Crippen LogP contribution in [0.1, 0.15) is 38.2 Å². The van der Waals surface area contributed by atoms with E-state index in [-0.39, 0.29) is 0 Å². The average Bonchev–Trinajstić information content (AvgIpc) is 2.42. The molecule has 0 unspecified atom stereocenters. The minimum Gasteiger partial charge on any atom is -0.312 e. The van der Waals surface area contributed by atoms with Gasteiger partial charge in [0.25, 0.3) is 0 Å². The molecule has 1 N–H and O–H groups in total. The predicted octanol–water partition coefficient (Wildman–Crippen LogP) is 4.51. The minimum absolute atomic E-state index is 0.602. The molecular formula is C18H23N. The summed E-state index contributed by atoms with van der Waals surface area (Å²) in [4.78, 5) is 0. The van der Waals surface area contributed by atoms with E-state index >= 15 is 0 Å². The number of rotatable bonds is 5. The summed E-state index contributed by atoms with van der Waals surface area (Å²) in [6, 6.07) is 15.3. The predicted molar refractivity (Wildman–Crippen MR) is 82.2 cm³/mol. The molecule has 0 aliphatic heterocycles. The number of benzene rings is 2. The van der Waals surface area contributed by atoms with Crippen molar-refractivity contribution in [3.8, 4) is 0 Å². The largest absolute Gasteiger partial charge is 0.312 e. The summed E-state index contributed by atoms with van der Waals surface area (Å²) in [5, 5.41) is 6.42. The Morgan fingerprint density at radius 2 is 1.84 bits per heavy atom. The van der Waals surface area contributed by atoms with Crippen LogP contribution < -0.4 is 5.32 Å². The van der Waals surface area contributed by atoms with Crippen LogP contribution >= 0.6 is 0 Å². The summed E-state index contributed by atoms with van der Waals surface area (Å²) in [6.45, 7) is 4.49. The van der Waals surface area contributed by atoms with Crippen LogP contribution in [0.25, 0.3) is 10.8 Å². The molecule has 0 aromatic heterocycles. The third kappa shape index (κ3) is 2.52. The highest BCUT2D eigenvalue weighted by Gasteiger charge is 2.34. The first-order valence-corrected chi connectivity index (χ1v) is 7.50. The molecule has 0 radical (unpaired) electrons. The second kappa shape index (κ2) is 5.34. The fourth-order valence-electron chi connectivity index (χ4n) is 3.24. The fraction of sp³-hybridized carbons (Fsp3) is 0.444. The number of hydrogen-bond donors (Lipinski definition) is 1. The summed E-state index contributed by atoms with van der Waals surface area (Å²) in [6.07, 6.45) is 5.55. The van der Waals surface area contributed by atoms with Crippen molar-refractivity contribution in [3.63, 3.8) is 0 Å². The van der Waals surface area contributed by atoms with Crippen molar-refractivity contribution in [2.75, 3.05) is 6.54 Å². The van der Waals surface area contributed by atoms with Crippen LogP contribution in [0.3, 0.4) is 0 Å². The van der Waals surface area contributed by atoms with E-state index in [9.17, 15) is 0 Å². The zero-order valence-corrected chi connectivity index (χ0v) is 11.8. The van der Waals surface area contributed by atoms with Crippen molar-refractivity contribution >= 4 is 10.8 Å². The highest BCUT2D eigenvalue weighted by molar-refractivity contribution is 5.85. The Hall–Kier alpha value is -1.34. The second-order valence-electron chi connectivity index (χ2n) is 5.95. The van der Waals surface area contributed by atoms with Crippen molar-refractivity contribution in [2.45, 2.75) is 39.2 Å². The van der Waals surface area contributed by atoms with Crippen LogP contribution in [0.2, 0.25) is 0 Å². The van der Waals surface area contributed by atoms with Gasteiger partial charge >= 0.3 is 0 Å². The molecule has 3 rings (SSSR count). The molecule has 19 heavy (non-hydrogen) atoms. The lowest BCUT2D eigenvalue weighted by molar-refractivity contribution is 0.124. The molecule has 100 valence electrons. The van der Waals surface area contributed by atoms with Crippen LogP contribution in [0, 0.1) is 5.41 Å². The van der Waals surface area contributed by atoms with Gasteiger partial charge < -0.3 is 5.32 Å². The number of fused-ring (bicyclic) bond motifs is 1. The summed E-state index contributed by atoms with van der Waals surface area (Å²) >= 11 is 0. The lowest BCUT2D eigenvalue weighted by Gasteiger charge is -2.41. The highest BCUT2D eigenvalue weighted by atomic mass is 14.9. The van der Waals surface area contributed by atoms with Gasteiger partial charge in [0.1, 0.15) is 0 Å². The Labute approximate surface area is 116 Å². The lowest BCUT2D eigenvalue weighted by Crippen LogP contribution is -2.39. The smallest absolute Gasteiger partial charge is 0.0211 e. The first-order chi connectivity index (χ1) is 9.33. The van der Waals surface area contributed by atoms with Gasteiger partial charge in [-0.25, -0.2) is 0 Å². The summed E-state index contributed by atoms with van der Waals surface area (Å²) in [5.41, 5.74) is 2.02. The standard InChI is InChI=1S/C18H23N/c1-2-18(11-6-12-18)14-19-13-16-9-5-8-15-7-3-4-10-17(15)16/h3-5,7-10,19H,2,6,11-14H2,1H3. The van der Waals surface area contributed by atoms with Gasteiger partial charge in [0.05, 0.1) is 0 Å². The van der Waals surface area contributed by atoms with Gasteiger partial charge in [0.15, 0.2) is 0 Å². The topological polar surface area (TPSA) is 12.0 Å². The first kappa shape index (κ1) is 12.7. The molecule has 0 bridgehead atoms. The van der Waals surface area contributed by atoms with Crippen molar-refractivity contribution in [1.82, 2.24) is 5.32 Å². The Balaban J connectivity index is 1.68. The molecule has 0 amide bonds. The van der Waals surface area contributed by atoms with Crippen LogP contribution in [0.5, 0.6) is 0 Å². The van der Waals surface area contributed by atoms with Crippen LogP contribution in [-0.2, 0) is 6.54 Å². The quantitative estimate of drug-likeness (QED) is 0.826. The number of nitrogens with one attached hydrogen (secondary N) is 1. The lowest BCUT2D eigenvalue weighted by atomic mass is 9.67. The Morgan fingerprint density at radius 1 is 1.05 bits per heavy atom. The van der Waals surface area contributed by atoms with E-state index < -0.39 is 0 Å². The fourth-order valence-corrected chi connectivity index (χ4v) is 3.24. The molecular weight excluding hydrogens is 230 g/mol. The molecule has 0 spiro atoms. The third-order valence-corrected chi connectivity index (χ3v) is 4.86. The number of hydrogen-bond acceptors (Lipinski definition) is 1. The Kier molecular flexibility index (Phi) is 3.56. The van der Waals surface area contributed by atoms with Gasteiger partial charge in [-0.2, -0.15) is 0 Å². The van der Waals surface area contributed by atoms with E-state index in [2.05, 4.69) is 54.7 Å². The van der Waals surface area contributed by atoms with Crippen LogP contribution in [0.4, 0.5) is 0 Å². The third-order valence-electron chi connectivity index (χ3n) is 4.86. The molecule has 0 saturated heterocycles. The molecule has 1 fully saturated rings. The normalized spacial score (nSPS) is 17.3. The highest BCUT2D eigenvalue weighted by Crippen LogP contribution is 2.43. The SMILES string of the molecule is CCC1(CNCc2cccc3ccccc23)CCC1. The van der Waals surface area contributed by atoms with Crippen molar-refractivity contribution in [2.24, 2.45) is 5.41 Å². The summed E-state index contributed by atoms with van der Waals surface area (Å²) in [7, 11) is 0. The first-order valence-electron chi connectivity index (χ1n) is 7.50. The maximum Gasteiger partial charge on any atom is 0.0211 e. The molecule has 1 heteroatoms. The van der Waals surface area contributed by atoms with Gasteiger partial charge in [-0.15, -0.1) is 0 Å². The molecule has 1 saturated carbocycles. The van der Waals surface area contributed by atoms with E-state index in [4.69, 9.17) is 0 Å². The van der Waals surface area contributed by atoms with Crippen molar-refractivity contribution in [1.29, 1.82) is 0 Å². The maximum atomic E-state index is 3.69. The molecule has 2 aromatic carbocycles. The van der Waals surface area contributed by atoms with Crippen molar-refractivity contribution < 1.29 is 0 Å². The van der Waals surface area contributed by atoms with E-state index in [1.54, 1.807) is 0 Å². The summed E-state index contributed by atoms with van der Waals surface area (Å²) < 4.78 is 0. The van der Waals surface area contributed by atoms with E-state index in [1.165, 1.54) is 48.6 Å². The Morgan fingerprint density at radius 3 is 2.58 bits per heavy atom. The second-order valence-corrected chi connectivity index (χ2v) is 5.95. The van der Waals surface area contributed by atoms with E-state index in [1.807, 2.05) is 0 Å². The van der Waals surface area contributed by atoms with E-state index in [0.29, 0.717) is 5.41 Å². The van der Waals surface area contributed by atoms with Crippen molar-refractivity contribution in [3.05, 3.63) is 48.0 Å². The molecule has 2 aromatic rings. The zero-order chi connectivity index (χ0) is 13.1. The van der Waals surface area contributed by atoms with Gasteiger partial charge in [-0.3, -0.25) is 0 Å². The minimum atomic E-state index is 0.602. The molecule has 0 atom stereocenters. The van der Waals surface area contributed by atoms with Crippen LogP contribution in [-0.4, -0.2) is 6.54 Å². The van der Waals surface area contributed by atoms with E-state index in [0.717, 1.165) is 6.54 Å². The molecule has 1 nitrogen and oxygen atoms in total. The zero-order valence-electron chi connectivity index (χ0n) is 11.8. The molecule has 1 aliphatic carbocycles. The van der Waals surface area contributed by atoms with Gasteiger partial charge in [0.2, 0.25) is 0 Å². The monoisotopic (exact) mass is 253 g/mol. The Bertz CT molecular complexity index is 544.